The fourth-order valence-corrected chi connectivity index (χ4v) is 3.16. The molecule has 4 nitrogen and oxygen atoms in total. The number of benzene rings is 1. The summed E-state index contributed by atoms with van der Waals surface area (Å²) in [6.45, 7) is 6.96. The normalized spacial score (nSPS) is 10.4. The van der Waals surface area contributed by atoms with Crippen LogP contribution in [0.1, 0.15) is 34.1 Å². The average Bonchev–Trinajstić information content (AvgIpc) is 3.01. The van der Waals surface area contributed by atoms with Crippen LogP contribution >= 0.6 is 11.3 Å². The van der Waals surface area contributed by atoms with E-state index in [9.17, 15) is 9.59 Å². The van der Waals surface area contributed by atoms with E-state index in [0.717, 1.165) is 16.8 Å². The Labute approximate surface area is 141 Å². The third-order valence-corrected chi connectivity index (χ3v) is 4.37. The molecule has 0 saturated carbocycles. The molecule has 1 N–H and O–H groups in total. The number of aryl methyl sites for hydroxylation is 2. The van der Waals surface area contributed by atoms with Crippen molar-refractivity contribution in [1.29, 1.82) is 0 Å². The van der Waals surface area contributed by atoms with Crippen molar-refractivity contribution < 1.29 is 9.59 Å². The zero-order chi connectivity index (χ0) is 16.8. The Morgan fingerprint density at radius 1 is 1.17 bits per heavy atom. The van der Waals surface area contributed by atoms with Gasteiger partial charge in [-0.25, -0.2) is 0 Å². The van der Waals surface area contributed by atoms with E-state index in [-0.39, 0.29) is 18.2 Å². The van der Waals surface area contributed by atoms with Crippen molar-refractivity contribution >= 4 is 28.8 Å². The van der Waals surface area contributed by atoms with Gasteiger partial charge in [0.15, 0.2) is 0 Å². The largest absolute Gasteiger partial charge is 0.351 e. The molecule has 2 aromatic rings. The number of rotatable bonds is 6. The topological polar surface area (TPSA) is 49.4 Å². The molecule has 0 spiro atoms. The van der Waals surface area contributed by atoms with Gasteiger partial charge < -0.3 is 10.2 Å². The third-order valence-electron chi connectivity index (χ3n) is 3.50. The first kappa shape index (κ1) is 17.2. The summed E-state index contributed by atoms with van der Waals surface area (Å²) in [4.78, 5) is 26.7. The average molecular weight is 330 g/mol. The predicted octanol–water partition coefficient (Wildman–Crippen LogP) is 3.54. The van der Waals surface area contributed by atoms with Crippen LogP contribution in [0.3, 0.4) is 0 Å². The summed E-state index contributed by atoms with van der Waals surface area (Å²) >= 11 is 1.39. The van der Waals surface area contributed by atoms with Gasteiger partial charge >= 0.3 is 0 Å². The van der Waals surface area contributed by atoms with Gasteiger partial charge in [-0.1, -0.05) is 12.1 Å². The van der Waals surface area contributed by atoms with Crippen molar-refractivity contribution in [2.45, 2.75) is 27.2 Å². The van der Waals surface area contributed by atoms with Crippen molar-refractivity contribution in [2.75, 3.05) is 18.0 Å². The highest BCUT2D eigenvalue weighted by Crippen LogP contribution is 2.19. The molecule has 1 aromatic heterocycles. The van der Waals surface area contributed by atoms with E-state index < -0.39 is 0 Å². The molecule has 2 amide bonds. The zero-order valence-electron chi connectivity index (χ0n) is 13.8. The lowest BCUT2D eigenvalue weighted by atomic mass is 10.1. The highest BCUT2D eigenvalue weighted by atomic mass is 32.1. The molecule has 23 heavy (non-hydrogen) atoms. The second-order valence-electron chi connectivity index (χ2n) is 5.47. The molecule has 122 valence electrons. The van der Waals surface area contributed by atoms with E-state index >= 15 is 0 Å². The summed E-state index contributed by atoms with van der Waals surface area (Å²) in [7, 11) is 0. The second-order valence-corrected chi connectivity index (χ2v) is 6.41. The maximum Gasteiger partial charge on any atom is 0.261 e. The quantitative estimate of drug-likeness (QED) is 0.881. The van der Waals surface area contributed by atoms with Crippen LogP contribution in [0.5, 0.6) is 0 Å². The lowest BCUT2D eigenvalue weighted by Gasteiger charge is -2.22. The Bertz CT molecular complexity index is 660. The highest BCUT2D eigenvalue weighted by Gasteiger charge is 2.15. The smallest absolute Gasteiger partial charge is 0.261 e. The highest BCUT2D eigenvalue weighted by molar-refractivity contribution is 7.12. The molecule has 0 unspecified atom stereocenters. The van der Waals surface area contributed by atoms with Gasteiger partial charge in [0.25, 0.3) is 5.91 Å². The summed E-state index contributed by atoms with van der Waals surface area (Å²) in [5, 5.41) is 4.65. The summed E-state index contributed by atoms with van der Waals surface area (Å²) < 4.78 is 0. The summed E-state index contributed by atoms with van der Waals surface area (Å²) in [6, 6.07) is 9.72. The zero-order valence-corrected chi connectivity index (χ0v) is 14.6. The lowest BCUT2D eigenvalue weighted by Crippen LogP contribution is -2.34. The third kappa shape index (κ3) is 4.66. The minimum atomic E-state index is -0.123. The van der Waals surface area contributed by atoms with Crippen molar-refractivity contribution in [3.8, 4) is 0 Å². The molecule has 1 heterocycles. The minimum absolute atomic E-state index is 0.0176. The maximum absolute atomic E-state index is 12.4. The SMILES string of the molecule is CCN(C(=O)CCNC(=O)c1cccs1)c1cc(C)cc(C)c1. The lowest BCUT2D eigenvalue weighted by molar-refractivity contribution is -0.118. The molecule has 0 bridgehead atoms. The summed E-state index contributed by atoms with van der Waals surface area (Å²) in [5.41, 5.74) is 3.19. The predicted molar refractivity (Wildman–Crippen MR) is 95.2 cm³/mol. The number of carbonyl (C=O) groups excluding carboxylic acids is 2. The Hall–Kier alpha value is -2.14. The van der Waals surface area contributed by atoms with Crippen LogP contribution in [0.2, 0.25) is 0 Å². The van der Waals surface area contributed by atoms with Crippen molar-refractivity contribution in [3.05, 3.63) is 51.7 Å². The minimum Gasteiger partial charge on any atom is -0.351 e. The van der Waals surface area contributed by atoms with Gasteiger partial charge in [-0.15, -0.1) is 11.3 Å². The first-order valence-electron chi connectivity index (χ1n) is 7.71. The van der Waals surface area contributed by atoms with E-state index in [0.29, 0.717) is 18.0 Å². The van der Waals surface area contributed by atoms with Gasteiger partial charge in [-0.05, 0) is 55.5 Å². The van der Waals surface area contributed by atoms with Gasteiger partial charge in [0.2, 0.25) is 5.91 Å². The second kappa shape index (κ2) is 7.92. The number of amides is 2. The van der Waals surface area contributed by atoms with Crippen LogP contribution in [-0.2, 0) is 4.79 Å². The van der Waals surface area contributed by atoms with Crippen LogP contribution in [0.25, 0.3) is 0 Å². The Morgan fingerprint density at radius 2 is 1.87 bits per heavy atom. The maximum atomic E-state index is 12.4. The molecule has 0 fully saturated rings. The molecular weight excluding hydrogens is 308 g/mol. The first-order valence-corrected chi connectivity index (χ1v) is 8.59. The fourth-order valence-electron chi connectivity index (χ4n) is 2.52. The number of hydrogen-bond acceptors (Lipinski definition) is 3. The monoisotopic (exact) mass is 330 g/mol. The number of hydrogen-bond donors (Lipinski definition) is 1. The van der Waals surface area contributed by atoms with Crippen LogP contribution in [0.15, 0.2) is 35.7 Å². The molecule has 5 heteroatoms. The van der Waals surface area contributed by atoms with Gasteiger partial charge in [-0.2, -0.15) is 0 Å². The van der Waals surface area contributed by atoms with Crippen LogP contribution in [-0.4, -0.2) is 24.9 Å². The van der Waals surface area contributed by atoms with Crippen LogP contribution < -0.4 is 10.2 Å². The molecular formula is C18H22N2O2S. The fraction of sp³-hybridized carbons (Fsp3) is 0.333. The van der Waals surface area contributed by atoms with Crippen LogP contribution in [0.4, 0.5) is 5.69 Å². The molecule has 0 aliphatic rings. The van der Waals surface area contributed by atoms with E-state index in [1.807, 2.05) is 44.4 Å². The Balaban J connectivity index is 1.93. The molecule has 0 saturated heterocycles. The number of anilines is 1. The molecule has 1 aromatic carbocycles. The number of nitrogens with one attached hydrogen (secondary N) is 1. The van der Waals surface area contributed by atoms with E-state index in [2.05, 4.69) is 11.4 Å². The molecule has 0 aliphatic carbocycles. The number of nitrogens with zero attached hydrogens (tertiary/aromatic N) is 1. The van der Waals surface area contributed by atoms with E-state index in [4.69, 9.17) is 0 Å². The summed E-state index contributed by atoms with van der Waals surface area (Å²) in [5.74, 6) is -0.105. The van der Waals surface area contributed by atoms with Gasteiger partial charge in [0.05, 0.1) is 4.88 Å². The van der Waals surface area contributed by atoms with Crippen molar-refractivity contribution in [3.63, 3.8) is 0 Å². The van der Waals surface area contributed by atoms with Gasteiger partial charge in [-0.3, -0.25) is 9.59 Å². The van der Waals surface area contributed by atoms with E-state index in [1.165, 1.54) is 11.3 Å². The molecule has 0 atom stereocenters. The molecule has 2 rings (SSSR count). The summed E-state index contributed by atoms with van der Waals surface area (Å²) in [6.07, 6.45) is 0.290. The van der Waals surface area contributed by atoms with Gasteiger partial charge in [0.1, 0.15) is 0 Å². The first-order chi connectivity index (χ1) is 11.0. The van der Waals surface area contributed by atoms with Crippen LogP contribution in [0, 0.1) is 13.8 Å². The van der Waals surface area contributed by atoms with Crippen molar-refractivity contribution in [2.24, 2.45) is 0 Å². The van der Waals surface area contributed by atoms with Crippen molar-refractivity contribution in [1.82, 2.24) is 5.32 Å². The molecule has 0 radical (unpaired) electrons. The van der Waals surface area contributed by atoms with Gasteiger partial charge in [0, 0.05) is 25.2 Å². The Morgan fingerprint density at radius 3 is 2.43 bits per heavy atom. The Kier molecular flexibility index (Phi) is 5.93. The number of thiophene rings is 1. The number of carbonyl (C=O) groups is 2. The standard InChI is InChI=1S/C18H22N2O2S/c1-4-20(15-11-13(2)10-14(3)12-15)17(21)7-8-19-18(22)16-6-5-9-23-16/h5-6,9-12H,4,7-8H2,1-3H3,(H,19,22). The molecule has 0 aliphatic heterocycles. The van der Waals surface area contributed by atoms with E-state index in [1.54, 1.807) is 11.0 Å².